The third-order valence-corrected chi connectivity index (χ3v) is 6.12. The molecule has 3 amide bonds. The highest BCUT2D eigenvalue weighted by molar-refractivity contribution is 7.17. The van der Waals surface area contributed by atoms with E-state index in [9.17, 15) is 14.4 Å². The number of nitrogens with one attached hydrogen (secondary N) is 3. The van der Waals surface area contributed by atoms with Gasteiger partial charge in [-0.1, -0.05) is 17.4 Å². The van der Waals surface area contributed by atoms with Crippen LogP contribution in [0.5, 0.6) is 0 Å². The molecule has 1 aliphatic carbocycles. The minimum absolute atomic E-state index is 0.0300. The summed E-state index contributed by atoms with van der Waals surface area (Å²) in [6, 6.07) is 6.60. The molecule has 1 saturated heterocycles. The molecule has 2 fully saturated rings. The van der Waals surface area contributed by atoms with Crippen molar-refractivity contribution in [2.24, 2.45) is 5.92 Å². The molecule has 158 valence electrons. The van der Waals surface area contributed by atoms with Crippen molar-refractivity contribution >= 4 is 39.9 Å². The van der Waals surface area contributed by atoms with Crippen LogP contribution in [0.2, 0.25) is 0 Å². The number of carbonyl (C=O) groups excluding carboxylic acids is 3. The van der Waals surface area contributed by atoms with Crippen molar-refractivity contribution in [3.05, 3.63) is 40.4 Å². The summed E-state index contributed by atoms with van der Waals surface area (Å²) in [5, 5.41) is 3.57. The Hall–Kier alpha value is -2.98. The van der Waals surface area contributed by atoms with Gasteiger partial charge in [-0.15, -0.1) is 0 Å². The molecule has 4 rings (SSSR count). The molecule has 3 N–H and O–H groups in total. The molecule has 1 aromatic carbocycles. The minimum atomic E-state index is -0.471. The topological polar surface area (TPSA) is 113 Å². The van der Waals surface area contributed by atoms with E-state index >= 15 is 0 Å². The van der Waals surface area contributed by atoms with Crippen LogP contribution in [-0.2, 0) is 9.53 Å². The summed E-state index contributed by atoms with van der Waals surface area (Å²) >= 11 is 1.29. The van der Waals surface area contributed by atoms with Gasteiger partial charge in [0.1, 0.15) is 4.88 Å². The molecule has 0 spiro atoms. The molecule has 30 heavy (non-hydrogen) atoms. The maximum absolute atomic E-state index is 12.5. The Morgan fingerprint density at radius 1 is 1.13 bits per heavy atom. The van der Waals surface area contributed by atoms with Gasteiger partial charge in [0, 0.05) is 30.3 Å². The largest absolute Gasteiger partial charge is 0.378 e. The van der Waals surface area contributed by atoms with Crippen LogP contribution >= 0.6 is 11.3 Å². The zero-order valence-electron chi connectivity index (χ0n) is 16.6. The SMILES string of the molecule is Cc1nc(N2CCOCC2)sc1C(=O)NNC(=O)c1cccc(NC(=O)C2CC2)c1. The number of aryl methyl sites for hydroxylation is 1. The first-order valence-electron chi connectivity index (χ1n) is 9.83. The lowest BCUT2D eigenvalue weighted by Gasteiger charge is -2.25. The number of hydrazine groups is 1. The molecule has 0 bridgehead atoms. The van der Waals surface area contributed by atoms with Crippen LogP contribution in [0, 0.1) is 12.8 Å². The van der Waals surface area contributed by atoms with Gasteiger partial charge in [-0.2, -0.15) is 0 Å². The number of thiazole rings is 1. The number of hydrogen-bond acceptors (Lipinski definition) is 7. The Morgan fingerprint density at radius 3 is 2.60 bits per heavy atom. The molecule has 0 atom stereocenters. The molecule has 2 heterocycles. The lowest BCUT2D eigenvalue weighted by molar-refractivity contribution is -0.117. The Morgan fingerprint density at radius 2 is 1.87 bits per heavy atom. The molecule has 10 heteroatoms. The minimum Gasteiger partial charge on any atom is -0.378 e. The summed E-state index contributed by atoms with van der Waals surface area (Å²) in [6.07, 6.45) is 1.81. The Labute approximate surface area is 177 Å². The fraction of sp³-hybridized carbons (Fsp3) is 0.400. The molecule has 1 aliphatic heterocycles. The molecule has 2 aromatic rings. The summed E-state index contributed by atoms with van der Waals surface area (Å²) in [5.41, 5.74) is 6.36. The maximum Gasteiger partial charge on any atom is 0.281 e. The van der Waals surface area contributed by atoms with E-state index < -0.39 is 11.8 Å². The van der Waals surface area contributed by atoms with Crippen molar-refractivity contribution in [3.8, 4) is 0 Å². The van der Waals surface area contributed by atoms with Gasteiger partial charge in [0.05, 0.1) is 18.9 Å². The van der Waals surface area contributed by atoms with Crippen LogP contribution < -0.4 is 21.1 Å². The van der Waals surface area contributed by atoms with E-state index in [0.29, 0.717) is 35.0 Å². The van der Waals surface area contributed by atoms with E-state index in [-0.39, 0.29) is 11.8 Å². The number of carbonyl (C=O) groups is 3. The van der Waals surface area contributed by atoms with E-state index in [1.807, 2.05) is 0 Å². The highest BCUT2D eigenvalue weighted by Crippen LogP contribution is 2.30. The summed E-state index contributed by atoms with van der Waals surface area (Å²) in [7, 11) is 0. The predicted molar refractivity (Wildman–Crippen MR) is 113 cm³/mol. The van der Waals surface area contributed by atoms with Crippen molar-refractivity contribution in [2.75, 3.05) is 36.5 Å². The van der Waals surface area contributed by atoms with Crippen molar-refractivity contribution in [3.63, 3.8) is 0 Å². The van der Waals surface area contributed by atoms with E-state index in [1.165, 1.54) is 11.3 Å². The van der Waals surface area contributed by atoms with Gasteiger partial charge < -0.3 is 15.0 Å². The number of aromatic nitrogens is 1. The van der Waals surface area contributed by atoms with Gasteiger partial charge in [0.15, 0.2) is 5.13 Å². The van der Waals surface area contributed by atoms with Gasteiger partial charge in [0.2, 0.25) is 5.91 Å². The third-order valence-electron chi connectivity index (χ3n) is 4.90. The van der Waals surface area contributed by atoms with Crippen LogP contribution in [-0.4, -0.2) is 49.0 Å². The molecular formula is C20H23N5O4S. The smallest absolute Gasteiger partial charge is 0.281 e. The Balaban J connectivity index is 1.35. The van der Waals surface area contributed by atoms with Crippen molar-refractivity contribution in [1.82, 2.24) is 15.8 Å². The average Bonchev–Trinajstić information content (AvgIpc) is 3.54. The number of benzene rings is 1. The van der Waals surface area contributed by atoms with E-state index in [4.69, 9.17) is 4.74 Å². The first-order valence-corrected chi connectivity index (χ1v) is 10.6. The Kier molecular flexibility index (Phi) is 5.96. The van der Waals surface area contributed by atoms with Crippen LogP contribution in [0.3, 0.4) is 0 Å². The van der Waals surface area contributed by atoms with Crippen LogP contribution in [0.4, 0.5) is 10.8 Å². The number of anilines is 2. The van der Waals surface area contributed by atoms with E-state index in [1.54, 1.807) is 31.2 Å². The number of hydrogen-bond donors (Lipinski definition) is 3. The second-order valence-electron chi connectivity index (χ2n) is 7.26. The van der Waals surface area contributed by atoms with Crippen molar-refractivity contribution in [2.45, 2.75) is 19.8 Å². The maximum atomic E-state index is 12.5. The monoisotopic (exact) mass is 429 g/mol. The van der Waals surface area contributed by atoms with Gasteiger partial charge in [0.25, 0.3) is 11.8 Å². The molecule has 9 nitrogen and oxygen atoms in total. The first-order chi connectivity index (χ1) is 14.5. The standard InChI is InChI=1S/C20H23N5O4S/c1-12-16(30-20(21-12)25-7-9-29-10-8-25)19(28)24-23-18(27)14-3-2-4-15(11-14)22-17(26)13-5-6-13/h2-4,11,13H,5-10H2,1H3,(H,22,26)(H,23,27)(H,24,28). The third kappa shape index (κ3) is 4.77. The predicted octanol–water partition coefficient (Wildman–Crippen LogP) is 1.71. The molecular weight excluding hydrogens is 406 g/mol. The number of morpholine rings is 1. The number of nitrogens with zero attached hydrogens (tertiary/aromatic N) is 2. The normalized spacial score (nSPS) is 16.1. The molecule has 0 unspecified atom stereocenters. The highest BCUT2D eigenvalue weighted by atomic mass is 32.1. The second-order valence-corrected chi connectivity index (χ2v) is 8.24. The van der Waals surface area contributed by atoms with E-state index in [2.05, 4.69) is 26.1 Å². The van der Waals surface area contributed by atoms with Crippen molar-refractivity contribution in [1.29, 1.82) is 0 Å². The number of amides is 3. The quantitative estimate of drug-likeness (QED) is 0.624. The van der Waals surface area contributed by atoms with Gasteiger partial charge in [-0.25, -0.2) is 4.98 Å². The molecule has 1 aromatic heterocycles. The van der Waals surface area contributed by atoms with E-state index in [0.717, 1.165) is 31.1 Å². The molecule has 2 aliphatic rings. The Bertz CT molecular complexity index is 966. The zero-order valence-corrected chi connectivity index (χ0v) is 17.4. The molecule has 1 saturated carbocycles. The van der Waals surface area contributed by atoms with Crippen LogP contribution in [0.25, 0.3) is 0 Å². The highest BCUT2D eigenvalue weighted by Gasteiger charge is 2.29. The van der Waals surface area contributed by atoms with Gasteiger partial charge in [-0.05, 0) is 38.0 Å². The fourth-order valence-electron chi connectivity index (χ4n) is 3.05. The van der Waals surface area contributed by atoms with Crippen molar-refractivity contribution < 1.29 is 19.1 Å². The van der Waals surface area contributed by atoms with Crippen LogP contribution in [0.1, 0.15) is 38.6 Å². The summed E-state index contributed by atoms with van der Waals surface area (Å²) in [4.78, 5) is 43.9. The van der Waals surface area contributed by atoms with Gasteiger partial charge >= 0.3 is 0 Å². The number of rotatable bonds is 5. The summed E-state index contributed by atoms with van der Waals surface area (Å²) in [5.74, 6) is -0.845. The number of ether oxygens (including phenoxy) is 1. The summed E-state index contributed by atoms with van der Waals surface area (Å²) < 4.78 is 5.34. The molecule has 0 radical (unpaired) electrons. The fourth-order valence-corrected chi connectivity index (χ4v) is 4.07. The first kappa shape index (κ1) is 20.3. The lowest BCUT2D eigenvalue weighted by Crippen LogP contribution is -2.41. The second kappa shape index (κ2) is 8.80. The lowest BCUT2D eigenvalue weighted by atomic mass is 10.2. The van der Waals surface area contributed by atoms with Gasteiger partial charge in [-0.3, -0.25) is 25.2 Å². The zero-order chi connectivity index (χ0) is 21.1. The van der Waals surface area contributed by atoms with Crippen LogP contribution in [0.15, 0.2) is 24.3 Å². The summed E-state index contributed by atoms with van der Waals surface area (Å²) in [6.45, 7) is 4.51. The average molecular weight is 430 g/mol.